The van der Waals surface area contributed by atoms with E-state index in [1.54, 1.807) is 0 Å². The molecule has 0 fully saturated rings. The molecule has 2 aromatic rings. The van der Waals surface area contributed by atoms with Crippen LogP contribution in [0.15, 0.2) is 29.3 Å². The molecule has 1 aromatic carbocycles. The number of benzene rings is 1. The first kappa shape index (κ1) is 27.4. The van der Waals surface area contributed by atoms with E-state index >= 15 is 0 Å². The molecule has 2 N–H and O–H groups in total. The van der Waals surface area contributed by atoms with Gasteiger partial charge in [0, 0.05) is 38.8 Å². The molecule has 31 heavy (non-hydrogen) atoms. The van der Waals surface area contributed by atoms with Crippen molar-refractivity contribution in [2.24, 2.45) is 12.0 Å². The quantitative estimate of drug-likeness (QED) is 0.196. The number of hydrogen-bond donors (Lipinski definition) is 2. The Hall–Kier alpha value is -1.68. The Morgan fingerprint density at radius 3 is 2.42 bits per heavy atom. The molecule has 0 aliphatic rings. The molecule has 0 unspecified atom stereocenters. The number of aromatic nitrogens is 3. The lowest BCUT2D eigenvalue weighted by atomic mass is 9.84. The Balaban J connectivity index is 0.00000480. The summed E-state index contributed by atoms with van der Waals surface area (Å²) in [4.78, 5) is 4.74. The number of aliphatic imine (C=N–C) groups is 1. The van der Waals surface area contributed by atoms with Crippen LogP contribution in [0.1, 0.15) is 56.9 Å². The SMILES string of the molecule is CCOCCCNC(=NCc1nnc(C)n1C)NCC(C)(C)c1ccc(CC)cc1.I. The average Bonchev–Trinajstić information content (AvgIpc) is 3.07. The van der Waals surface area contributed by atoms with Crippen LogP contribution in [0.4, 0.5) is 0 Å². The van der Waals surface area contributed by atoms with Gasteiger partial charge in [-0.3, -0.25) is 0 Å². The lowest BCUT2D eigenvalue weighted by Gasteiger charge is -2.27. The first-order valence-corrected chi connectivity index (χ1v) is 10.9. The Morgan fingerprint density at radius 2 is 1.84 bits per heavy atom. The van der Waals surface area contributed by atoms with Crippen molar-refractivity contribution in [2.75, 3.05) is 26.3 Å². The summed E-state index contributed by atoms with van der Waals surface area (Å²) < 4.78 is 7.40. The topological polar surface area (TPSA) is 76.4 Å². The van der Waals surface area contributed by atoms with Gasteiger partial charge in [0.05, 0.1) is 0 Å². The second-order valence-corrected chi connectivity index (χ2v) is 8.15. The summed E-state index contributed by atoms with van der Waals surface area (Å²) in [5.41, 5.74) is 2.65. The molecule has 0 bridgehead atoms. The Bertz CT molecular complexity index is 801. The fraction of sp³-hybridized carbons (Fsp3) is 0.609. The lowest BCUT2D eigenvalue weighted by molar-refractivity contribution is 0.145. The summed E-state index contributed by atoms with van der Waals surface area (Å²) in [6.45, 7) is 14.2. The van der Waals surface area contributed by atoms with Crippen molar-refractivity contribution in [1.82, 2.24) is 25.4 Å². The van der Waals surface area contributed by atoms with Crippen molar-refractivity contribution in [1.29, 1.82) is 0 Å². The van der Waals surface area contributed by atoms with Gasteiger partial charge in [-0.15, -0.1) is 34.2 Å². The zero-order valence-corrected chi connectivity index (χ0v) is 22.2. The van der Waals surface area contributed by atoms with Gasteiger partial charge in [-0.1, -0.05) is 45.0 Å². The number of aryl methyl sites for hydroxylation is 2. The summed E-state index contributed by atoms with van der Waals surface area (Å²) >= 11 is 0. The molecular formula is C23H39IN6O. The van der Waals surface area contributed by atoms with Gasteiger partial charge in [0.15, 0.2) is 11.8 Å². The number of nitrogens with one attached hydrogen (secondary N) is 2. The van der Waals surface area contributed by atoms with Gasteiger partial charge in [0.25, 0.3) is 0 Å². The van der Waals surface area contributed by atoms with Gasteiger partial charge in [0.2, 0.25) is 0 Å². The van der Waals surface area contributed by atoms with Crippen LogP contribution >= 0.6 is 24.0 Å². The molecule has 0 amide bonds. The van der Waals surface area contributed by atoms with Crippen LogP contribution in [-0.4, -0.2) is 47.0 Å². The number of nitrogens with zero attached hydrogens (tertiary/aromatic N) is 4. The smallest absolute Gasteiger partial charge is 0.191 e. The van der Waals surface area contributed by atoms with Crippen molar-refractivity contribution in [2.45, 2.75) is 59.4 Å². The van der Waals surface area contributed by atoms with Gasteiger partial charge in [0.1, 0.15) is 12.4 Å². The molecule has 0 saturated heterocycles. The molecule has 0 radical (unpaired) electrons. The predicted octanol–water partition coefficient (Wildman–Crippen LogP) is 3.74. The molecule has 174 valence electrons. The first-order valence-electron chi connectivity index (χ1n) is 10.9. The molecule has 0 saturated carbocycles. The maximum absolute atomic E-state index is 5.43. The van der Waals surface area contributed by atoms with Gasteiger partial charge in [-0.2, -0.15) is 0 Å². The van der Waals surface area contributed by atoms with Gasteiger partial charge >= 0.3 is 0 Å². The molecule has 0 atom stereocenters. The highest BCUT2D eigenvalue weighted by Gasteiger charge is 2.21. The molecule has 0 aliphatic heterocycles. The number of rotatable bonds is 11. The fourth-order valence-corrected chi connectivity index (χ4v) is 3.04. The van der Waals surface area contributed by atoms with Gasteiger partial charge in [-0.25, -0.2) is 4.99 Å². The summed E-state index contributed by atoms with van der Waals surface area (Å²) in [5, 5.41) is 15.3. The molecule has 0 spiro atoms. The molecule has 8 heteroatoms. The van der Waals surface area contributed by atoms with Crippen LogP contribution < -0.4 is 10.6 Å². The second kappa shape index (κ2) is 13.7. The molecule has 0 aliphatic carbocycles. The van der Waals surface area contributed by atoms with Crippen molar-refractivity contribution in [3.63, 3.8) is 0 Å². The number of guanidine groups is 1. The minimum Gasteiger partial charge on any atom is -0.382 e. The van der Waals surface area contributed by atoms with E-state index in [4.69, 9.17) is 9.73 Å². The second-order valence-electron chi connectivity index (χ2n) is 8.15. The summed E-state index contributed by atoms with van der Waals surface area (Å²) in [7, 11) is 1.96. The van der Waals surface area contributed by atoms with Crippen molar-refractivity contribution in [3.8, 4) is 0 Å². The first-order chi connectivity index (χ1) is 14.4. The van der Waals surface area contributed by atoms with E-state index in [-0.39, 0.29) is 29.4 Å². The Kier molecular flexibility index (Phi) is 12.1. The Morgan fingerprint density at radius 1 is 1.13 bits per heavy atom. The third-order valence-corrected chi connectivity index (χ3v) is 5.36. The maximum atomic E-state index is 5.43. The number of hydrogen-bond acceptors (Lipinski definition) is 4. The van der Waals surface area contributed by atoms with Crippen LogP contribution in [-0.2, 0) is 30.2 Å². The summed E-state index contributed by atoms with van der Waals surface area (Å²) in [6.07, 6.45) is 1.99. The molecule has 1 aromatic heterocycles. The van der Waals surface area contributed by atoms with Crippen molar-refractivity contribution < 1.29 is 4.74 Å². The predicted molar refractivity (Wildman–Crippen MR) is 138 cm³/mol. The molecular weight excluding hydrogens is 503 g/mol. The fourth-order valence-electron chi connectivity index (χ4n) is 3.04. The zero-order chi connectivity index (χ0) is 22.0. The van der Waals surface area contributed by atoms with E-state index in [1.807, 2.05) is 25.5 Å². The largest absolute Gasteiger partial charge is 0.382 e. The highest BCUT2D eigenvalue weighted by Crippen LogP contribution is 2.22. The van der Waals surface area contributed by atoms with Crippen molar-refractivity contribution >= 4 is 29.9 Å². The van der Waals surface area contributed by atoms with Crippen LogP contribution in [0, 0.1) is 6.92 Å². The minimum absolute atomic E-state index is 0. The standard InChI is InChI=1S/C23H38N6O.HI/c1-7-19-10-12-20(13-11-19)23(4,5)17-26-22(24-14-9-15-30-8-2)25-16-21-28-27-18(3)29(21)6;/h10-13H,7-9,14-17H2,1-6H3,(H2,24,25,26);1H. The third kappa shape index (κ3) is 8.76. The van der Waals surface area contributed by atoms with E-state index in [0.717, 1.165) is 56.8 Å². The molecule has 7 nitrogen and oxygen atoms in total. The van der Waals surface area contributed by atoms with E-state index in [1.165, 1.54) is 11.1 Å². The van der Waals surface area contributed by atoms with E-state index < -0.39 is 0 Å². The highest BCUT2D eigenvalue weighted by molar-refractivity contribution is 14.0. The van der Waals surface area contributed by atoms with Crippen molar-refractivity contribution in [3.05, 3.63) is 47.0 Å². The van der Waals surface area contributed by atoms with Crippen LogP contribution in [0.3, 0.4) is 0 Å². The third-order valence-electron chi connectivity index (χ3n) is 5.36. The lowest BCUT2D eigenvalue weighted by Crippen LogP contribution is -2.44. The number of halogens is 1. The highest BCUT2D eigenvalue weighted by atomic mass is 127. The molecule has 1 heterocycles. The van der Waals surface area contributed by atoms with Gasteiger partial charge in [-0.05, 0) is 37.8 Å². The maximum Gasteiger partial charge on any atom is 0.191 e. The monoisotopic (exact) mass is 542 g/mol. The van der Waals surface area contributed by atoms with E-state index in [9.17, 15) is 0 Å². The van der Waals surface area contributed by atoms with E-state index in [2.05, 4.69) is 65.9 Å². The van der Waals surface area contributed by atoms with Crippen LogP contribution in [0.5, 0.6) is 0 Å². The van der Waals surface area contributed by atoms with Crippen LogP contribution in [0.2, 0.25) is 0 Å². The summed E-state index contributed by atoms with van der Waals surface area (Å²) in [6, 6.07) is 8.90. The summed E-state index contributed by atoms with van der Waals surface area (Å²) in [5.74, 6) is 2.51. The normalized spacial score (nSPS) is 11.9. The zero-order valence-electron chi connectivity index (χ0n) is 19.9. The average molecular weight is 543 g/mol. The van der Waals surface area contributed by atoms with Crippen LogP contribution in [0.25, 0.3) is 0 Å². The number of ether oxygens (including phenoxy) is 1. The van der Waals surface area contributed by atoms with E-state index in [0.29, 0.717) is 6.54 Å². The Labute approximate surface area is 204 Å². The molecule has 2 rings (SSSR count). The van der Waals surface area contributed by atoms with Gasteiger partial charge < -0.3 is 19.9 Å². The minimum atomic E-state index is -0.0264.